The minimum absolute atomic E-state index is 0.00520. The fraction of sp³-hybridized carbons (Fsp3) is 0.600. The first-order chi connectivity index (χ1) is 20.3. The number of hydrogen-bond donors (Lipinski definition) is 0. The van der Waals surface area contributed by atoms with Crippen molar-refractivity contribution >= 4 is 12.0 Å². The van der Waals surface area contributed by atoms with Gasteiger partial charge < -0.3 is 14.2 Å². The summed E-state index contributed by atoms with van der Waals surface area (Å²) in [7, 11) is 1.59. The third kappa shape index (κ3) is 6.39. The van der Waals surface area contributed by atoms with Gasteiger partial charge in [0.15, 0.2) is 5.67 Å². The maximum Gasteiger partial charge on any atom is 0.417 e. The SMILES string of the molecule is COc1ccc(F)c(C2CCC(COc3cccc([C@H](C4CC4)C(C)(F)C(=O)N4C(=O)OC(C)(C)C4C(C)C)c3)CC2)c1. The zero-order valence-electron chi connectivity index (χ0n) is 26.2. The van der Waals surface area contributed by atoms with Crippen LogP contribution in [0.5, 0.6) is 11.5 Å². The summed E-state index contributed by atoms with van der Waals surface area (Å²) in [4.78, 5) is 27.7. The molecule has 8 heteroatoms. The fourth-order valence-electron chi connectivity index (χ4n) is 7.51. The number of rotatable bonds is 10. The Kier molecular flexibility index (Phi) is 8.79. The van der Waals surface area contributed by atoms with E-state index in [1.165, 1.54) is 13.0 Å². The molecule has 0 aromatic heterocycles. The van der Waals surface area contributed by atoms with Crippen molar-refractivity contribution in [2.45, 2.75) is 102 Å². The van der Waals surface area contributed by atoms with E-state index in [0.717, 1.165) is 43.4 Å². The number of carbonyl (C=O) groups is 2. The van der Waals surface area contributed by atoms with Crippen LogP contribution in [0.4, 0.5) is 13.6 Å². The minimum atomic E-state index is -2.31. The normalized spacial score (nSPS) is 25.7. The van der Waals surface area contributed by atoms with Gasteiger partial charge in [0.05, 0.1) is 19.8 Å². The summed E-state index contributed by atoms with van der Waals surface area (Å²) in [6.45, 7) is 9.18. The average Bonchev–Trinajstić information content (AvgIpc) is 3.75. The Hall–Kier alpha value is -3.16. The van der Waals surface area contributed by atoms with Crippen molar-refractivity contribution in [1.82, 2.24) is 4.90 Å². The number of carbonyl (C=O) groups excluding carboxylic acids is 2. The van der Waals surface area contributed by atoms with E-state index in [1.807, 2.05) is 38.1 Å². The van der Waals surface area contributed by atoms with Gasteiger partial charge in [0, 0.05) is 5.92 Å². The molecule has 234 valence electrons. The van der Waals surface area contributed by atoms with Crippen LogP contribution in [0.25, 0.3) is 0 Å². The molecule has 43 heavy (non-hydrogen) atoms. The monoisotopic (exact) mass is 597 g/mol. The van der Waals surface area contributed by atoms with Crippen LogP contribution in [0.2, 0.25) is 0 Å². The molecule has 2 unspecified atom stereocenters. The van der Waals surface area contributed by atoms with Crippen LogP contribution in [-0.4, -0.2) is 47.9 Å². The maximum atomic E-state index is 16.8. The standard InChI is InChI=1S/C35H45F2NO5/c1-21(2)31-34(3,4)43-33(40)38(31)32(39)35(5,37)30(24-14-15-24)25-8-7-9-27(18-25)42-20-22-10-12-23(13-11-22)28-19-26(41-6)16-17-29(28)36/h7-9,16-19,21-24,30-31H,10-15,20H2,1-6H3/t22?,23?,30-,31?,35?/m0/s1. The average molecular weight is 598 g/mol. The zero-order valence-corrected chi connectivity index (χ0v) is 26.2. The van der Waals surface area contributed by atoms with E-state index in [2.05, 4.69) is 0 Å². The van der Waals surface area contributed by atoms with Crippen molar-refractivity contribution in [1.29, 1.82) is 0 Å². The van der Waals surface area contributed by atoms with Crippen LogP contribution >= 0.6 is 0 Å². The van der Waals surface area contributed by atoms with E-state index in [9.17, 15) is 14.0 Å². The number of alkyl halides is 1. The second-order valence-electron chi connectivity index (χ2n) is 13.7. The molecule has 0 N–H and O–H groups in total. The second kappa shape index (κ2) is 12.1. The highest BCUT2D eigenvalue weighted by molar-refractivity contribution is 5.99. The number of nitrogens with zero attached hydrogens (tertiary/aromatic N) is 1. The molecular formula is C35H45F2NO5. The topological polar surface area (TPSA) is 65.1 Å². The van der Waals surface area contributed by atoms with Crippen molar-refractivity contribution in [3.63, 3.8) is 0 Å². The quantitative estimate of drug-likeness (QED) is 0.276. The first-order valence-electron chi connectivity index (χ1n) is 15.6. The predicted octanol–water partition coefficient (Wildman–Crippen LogP) is 8.19. The fourth-order valence-corrected chi connectivity index (χ4v) is 7.51. The zero-order chi connectivity index (χ0) is 31.1. The summed E-state index contributed by atoms with van der Waals surface area (Å²) in [6.07, 6.45) is 4.44. The first-order valence-corrected chi connectivity index (χ1v) is 15.6. The van der Waals surface area contributed by atoms with Gasteiger partial charge in [-0.05, 0) is 124 Å². The molecule has 2 saturated carbocycles. The summed E-state index contributed by atoms with van der Waals surface area (Å²) in [6, 6.07) is 11.8. The van der Waals surface area contributed by atoms with Crippen LogP contribution in [0.15, 0.2) is 42.5 Å². The highest BCUT2D eigenvalue weighted by atomic mass is 19.1. The van der Waals surface area contributed by atoms with E-state index < -0.39 is 35.2 Å². The molecule has 1 heterocycles. The van der Waals surface area contributed by atoms with Crippen molar-refractivity contribution in [2.24, 2.45) is 17.8 Å². The molecule has 2 aromatic rings. The van der Waals surface area contributed by atoms with Crippen LogP contribution in [-0.2, 0) is 9.53 Å². The number of hydrogen-bond acceptors (Lipinski definition) is 5. The lowest BCUT2D eigenvalue weighted by Crippen LogP contribution is -2.55. The molecule has 3 aliphatic rings. The Morgan fingerprint density at radius 3 is 2.40 bits per heavy atom. The number of cyclic esters (lactones) is 1. The van der Waals surface area contributed by atoms with E-state index in [1.54, 1.807) is 33.1 Å². The molecular weight excluding hydrogens is 552 g/mol. The van der Waals surface area contributed by atoms with E-state index >= 15 is 4.39 Å². The smallest absolute Gasteiger partial charge is 0.417 e. The Morgan fingerprint density at radius 1 is 1.07 bits per heavy atom. The van der Waals surface area contributed by atoms with Crippen LogP contribution in [0, 0.1) is 23.6 Å². The molecule has 1 saturated heterocycles. The number of methoxy groups -OCH3 is 1. The molecule has 3 fully saturated rings. The Labute approximate surface area is 254 Å². The van der Waals surface area contributed by atoms with Gasteiger partial charge >= 0.3 is 6.09 Å². The van der Waals surface area contributed by atoms with Crippen molar-refractivity contribution < 1.29 is 32.6 Å². The predicted molar refractivity (Wildman–Crippen MR) is 161 cm³/mol. The Balaban J connectivity index is 1.26. The molecule has 2 aliphatic carbocycles. The highest BCUT2D eigenvalue weighted by Gasteiger charge is 2.59. The van der Waals surface area contributed by atoms with Gasteiger partial charge in [-0.25, -0.2) is 18.5 Å². The van der Waals surface area contributed by atoms with Gasteiger partial charge in [0.2, 0.25) is 0 Å². The molecule has 3 atom stereocenters. The molecule has 1 aliphatic heterocycles. The number of amides is 2. The van der Waals surface area contributed by atoms with Gasteiger partial charge in [0.25, 0.3) is 5.91 Å². The van der Waals surface area contributed by atoms with E-state index in [0.29, 0.717) is 35.2 Å². The van der Waals surface area contributed by atoms with Crippen molar-refractivity contribution in [3.05, 3.63) is 59.4 Å². The molecule has 2 aromatic carbocycles. The van der Waals surface area contributed by atoms with Crippen molar-refractivity contribution in [3.8, 4) is 11.5 Å². The van der Waals surface area contributed by atoms with Gasteiger partial charge in [-0.2, -0.15) is 0 Å². The summed E-state index contributed by atoms with van der Waals surface area (Å²) in [5.74, 6) is -0.0370. The second-order valence-corrected chi connectivity index (χ2v) is 13.7. The van der Waals surface area contributed by atoms with Gasteiger partial charge in [-0.3, -0.25) is 4.79 Å². The van der Waals surface area contributed by atoms with Gasteiger partial charge in [-0.1, -0.05) is 26.0 Å². The van der Waals surface area contributed by atoms with Crippen LogP contribution in [0.3, 0.4) is 0 Å². The largest absolute Gasteiger partial charge is 0.497 e. The lowest BCUT2D eigenvalue weighted by atomic mass is 9.78. The van der Waals surface area contributed by atoms with Gasteiger partial charge in [-0.15, -0.1) is 0 Å². The number of benzene rings is 2. The third-order valence-corrected chi connectivity index (χ3v) is 9.68. The summed E-state index contributed by atoms with van der Waals surface area (Å²) < 4.78 is 48.4. The molecule has 0 spiro atoms. The first kappa shape index (κ1) is 31.3. The lowest BCUT2D eigenvalue weighted by Gasteiger charge is -2.36. The number of imide groups is 1. The van der Waals surface area contributed by atoms with E-state index in [-0.39, 0.29) is 23.6 Å². The highest BCUT2D eigenvalue weighted by Crippen LogP contribution is 2.51. The number of ether oxygens (including phenoxy) is 3. The van der Waals surface area contributed by atoms with Crippen molar-refractivity contribution in [2.75, 3.05) is 13.7 Å². The summed E-state index contributed by atoms with van der Waals surface area (Å²) in [5.41, 5.74) is -1.79. The van der Waals surface area contributed by atoms with Crippen LogP contribution < -0.4 is 9.47 Å². The maximum absolute atomic E-state index is 16.8. The molecule has 0 bridgehead atoms. The van der Waals surface area contributed by atoms with Crippen LogP contribution in [0.1, 0.15) is 96.1 Å². The molecule has 6 nitrogen and oxygen atoms in total. The molecule has 2 amide bonds. The minimum Gasteiger partial charge on any atom is -0.497 e. The number of halogens is 2. The lowest BCUT2D eigenvalue weighted by molar-refractivity contribution is -0.144. The molecule has 0 radical (unpaired) electrons. The van der Waals surface area contributed by atoms with E-state index in [4.69, 9.17) is 14.2 Å². The summed E-state index contributed by atoms with van der Waals surface area (Å²) >= 11 is 0. The van der Waals surface area contributed by atoms with Gasteiger partial charge in [0.1, 0.15) is 22.9 Å². The Morgan fingerprint density at radius 2 is 1.77 bits per heavy atom. The molecule has 5 rings (SSSR count). The Bertz CT molecular complexity index is 1330. The summed E-state index contributed by atoms with van der Waals surface area (Å²) in [5, 5.41) is 0. The third-order valence-electron chi connectivity index (χ3n) is 9.68.